The number of carbonyl (C=O) groups excluding carboxylic acids is 1. The standard InChI is InChI=1S/C11H10Cl2O2/c1-15-10-4-2-8(3-5-10)11(13)6-9(14)7-12/h2-6H,7H2,1H3/b11-6-. The smallest absolute Gasteiger partial charge is 0.171 e. The first kappa shape index (κ1) is 12.1. The van der Waals surface area contributed by atoms with Crippen LogP contribution in [-0.4, -0.2) is 18.8 Å². The highest BCUT2D eigenvalue weighted by molar-refractivity contribution is 6.50. The fourth-order valence-corrected chi connectivity index (χ4v) is 1.34. The van der Waals surface area contributed by atoms with E-state index in [0.29, 0.717) is 5.03 Å². The molecule has 0 heterocycles. The van der Waals surface area contributed by atoms with Gasteiger partial charge in [0.2, 0.25) is 0 Å². The van der Waals surface area contributed by atoms with Gasteiger partial charge in [0.25, 0.3) is 0 Å². The van der Waals surface area contributed by atoms with E-state index in [1.807, 2.05) is 0 Å². The second kappa shape index (κ2) is 5.79. The molecule has 80 valence electrons. The van der Waals surface area contributed by atoms with E-state index in [1.165, 1.54) is 6.08 Å². The number of hydrogen-bond donors (Lipinski definition) is 0. The molecule has 0 spiro atoms. The monoisotopic (exact) mass is 244 g/mol. The van der Waals surface area contributed by atoms with Gasteiger partial charge in [-0.3, -0.25) is 4.79 Å². The molecule has 1 aromatic carbocycles. The third-order valence-corrected chi connectivity index (χ3v) is 2.38. The van der Waals surface area contributed by atoms with Crippen LogP contribution in [-0.2, 0) is 4.79 Å². The average Bonchev–Trinajstić information content (AvgIpc) is 2.29. The molecule has 0 aliphatic heterocycles. The highest BCUT2D eigenvalue weighted by atomic mass is 35.5. The van der Waals surface area contributed by atoms with Crippen LogP contribution in [0.2, 0.25) is 0 Å². The van der Waals surface area contributed by atoms with Crippen molar-refractivity contribution in [2.75, 3.05) is 13.0 Å². The third-order valence-electron chi connectivity index (χ3n) is 1.79. The maximum Gasteiger partial charge on any atom is 0.171 e. The first-order chi connectivity index (χ1) is 7.17. The molecule has 0 amide bonds. The zero-order valence-corrected chi connectivity index (χ0v) is 9.68. The first-order valence-corrected chi connectivity index (χ1v) is 5.19. The second-order valence-corrected chi connectivity index (χ2v) is 3.50. The van der Waals surface area contributed by atoms with Gasteiger partial charge in [-0.05, 0) is 29.8 Å². The summed E-state index contributed by atoms with van der Waals surface area (Å²) in [5, 5.41) is 0.378. The molecule has 0 fully saturated rings. The lowest BCUT2D eigenvalue weighted by Gasteiger charge is -2.01. The number of allylic oxidation sites excluding steroid dienone is 1. The molecule has 2 nitrogen and oxygen atoms in total. The second-order valence-electron chi connectivity index (χ2n) is 2.82. The van der Waals surface area contributed by atoms with E-state index >= 15 is 0 Å². The van der Waals surface area contributed by atoms with E-state index in [0.717, 1.165) is 11.3 Å². The molecule has 0 bridgehead atoms. The number of hydrogen-bond acceptors (Lipinski definition) is 2. The Morgan fingerprint density at radius 1 is 1.40 bits per heavy atom. The number of benzene rings is 1. The summed E-state index contributed by atoms with van der Waals surface area (Å²) in [5.41, 5.74) is 0.760. The van der Waals surface area contributed by atoms with Crippen LogP contribution < -0.4 is 4.74 Å². The minimum atomic E-state index is -0.211. The lowest BCUT2D eigenvalue weighted by Crippen LogP contribution is -1.93. The average molecular weight is 245 g/mol. The quantitative estimate of drug-likeness (QED) is 0.601. The number of rotatable bonds is 4. The van der Waals surface area contributed by atoms with Crippen molar-refractivity contribution < 1.29 is 9.53 Å². The van der Waals surface area contributed by atoms with Gasteiger partial charge < -0.3 is 4.74 Å². The molecule has 0 unspecified atom stereocenters. The first-order valence-electron chi connectivity index (χ1n) is 4.28. The number of alkyl halides is 1. The molecule has 0 atom stereocenters. The summed E-state index contributed by atoms with van der Waals surface area (Å²) in [6.45, 7) is 0. The largest absolute Gasteiger partial charge is 0.497 e. The van der Waals surface area contributed by atoms with Crippen LogP contribution in [0.4, 0.5) is 0 Å². The van der Waals surface area contributed by atoms with Crippen LogP contribution in [0.5, 0.6) is 5.75 Å². The molecule has 4 heteroatoms. The summed E-state index contributed by atoms with van der Waals surface area (Å²) in [5.74, 6) is 0.469. The molecule has 1 rings (SSSR count). The van der Waals surface area contributed by atoms with Gasteiger partial charge in [0.05, 0.1) is 18.0 Å². The van der Waals surface area contributed by atoms with Crippen LogP contribution in [0.1, 0.15) is 5.56 Å². The van der Waals surface area contributed by atoms with Crippen LogP contribution in [0.25, 0.3) is 5.03 Å². The number of carbonyl (C=O) groups is 1. The molecule has 1 aromatic rings. The van der Waals surface area contributed by atoms with Gasteiger partial charge in [-0.25, -0.2) is 0 Å². The SMILES string of the molecule is COc1ccc(/C(Cl)=C/C(=O)CCl)cc1. The molecule has 0 N–H and O–H groups in total. The zero-order valence-electron chi connectivity index (χ0n) is 8.17. The molecular weight excluding hydrogens is 235 g/mol. The van der Waals surface area contributed by atoms with Gasteiger partial charge in [0.1, 0.15) is 5.75 Å². The van der Waals surface area contributed by atoms with E-state index in [4.69, 9.17) is 27.9 Å². The van der Waals surface area contributed by atoms with Crippen molar-refractivity contribution >= 4 is 34.0 Å². The molecule has 0 aromatic heterocycles. The minimum absolute atomic E-state index is 0.0631. The molecular formula is C11H10Cl2O2. The van der Waals surface area contributed by atoms with Crippen molar-refractivity contribution in [3.8, 4) is 5.75 Å². The fourth-order valence-electron chi connectivity index (χ4n) is 1.01. The van der Waals surface area contributed by atoms with Gasteiger partial charge in [-0.15, -0.1) is 11.6 Å². The highest BCUT2D eigenvalue weighted by Gasteiger charge is 2.01. The molecule has 0 saturated heterocycles. The van der Waals surface area contributed by atoms with E-state index in [2.05, 4.69) is 0 Å². The summed E-state index contributed by atoms with van der Waals surface area (Å²) in [4.78, 5) is 11.0. The third kappa shape index (κ3) is 3.57. The lowest BCUT2D eigenvalue weighted by molar-refractivity contribution is -0.112. The number of methoxy groups -OCH3 is 1. The summed E-state index contributed by atoms with van der Waals surface area (Å²) in [6, 6.07) is 7.10. The zero-order chi connectivity index (χ0) is 11.3. The molecule has 0 radical (unpaired) electrons. The van der Waals surface area contributed by atoms with Gasteiger partial charge >= 0.3 is 0 Å². The Morgan fingerprint density at radius 2 is 2.00 bits per heavy atom. The van der Waals surface area contributed by atoms with Crippen molar-refractivity contribution in [2.45, 2.75) is 0 Å². The maximum absolute atomic E-state index is 11.0. The van der Waals surface area contributed by atoms with E-state index in [9.17, 15) is 4.79 Å². The molecule has 15 heavy (non-hydrogen) atoms. The maximum atomic E-state index is 11.0. The Kier molecular flexibility index (Phi) is 4.66. The molecule has 0 saturated carbocycles. The van der Waals surface area contributed by atoms with Crippen LogP contribution >= 0.6 is 23.2 Å². The van der Waals surface area contributed by atoms with Crippen molar-refractivity contribution in [1.29, 1.82) is 0 Å². The highest BCUT2D eigenvalue weighted by Crippen LogP contribution is 2.21. The molecule has 0 aliphatic rings. The van der Waals surface area contributed by atoms with E-state index in [-0.39, 0.29) is 11.7 Å². The van der Waals surface area contributed by atoms with Crippen molar-refractivity contribution in [3.63, 3.8) is 0 Å². The summed E-state index contributed by atoms with van der Waals surface area (Å²) in [6.07, 6.45) is 1.32. The summed E-state index contributed by atoms with van der Waals surface area (Å²) < 4.78 is 5.00. The Bertz CT molecular complexity index is 369. The minimum Gasteiger partial charge on any atom is -0.497 e. The van der Waals surface area contributed by atoms with Crippen molar-refractivity contribution in [2.24, 2.45) is 0 Å². The Morgan fingerprint density at radius 3 is 2.47 bits per heavy atom. The van der Waals surface area contributed by atoms with Crippen LogP contribution in [0.3, 0.4) is 0 Å². The van der Waals surface area contributed by atoms with Gasteiger partial charge in [0, 0.05) is 6.08 Å². The predicted octanol–water partition coefficient (Wildman–Crippen LogP) is 3.08. The number of halogens is 2. The molecule has 0 aliphatic carbocycles. The Hall–Kier alpha value is -0.990. The normalized spacial score (nSPS) is 11.3. The lowest BCUT2D eigenvalue weighted by atomic mass is 10.2. The van der Waals surface area contributed by atoms with Crippen LogP contribution in [0.15, 0.2) is 30.3 Å². The van der Waals surface area contributed by atoms with E-state index in [1.54, 1.807) is 31.4 Å². The van der Waals surface area contributed by atoms with Gasteiger partial charge in [-0.2, -0.15) is 0 Å². The Balaban J connectivity index is 2.87. The predicted molar refractivity (Wildman–Crippen MR) is 62.6 cm³/mol. The summed E-state index contributed by atoms with van der Waals surface area (Å²) in [7, 11) is 1.59. The Labute approximate surface area is 98.4 Å². The van der Waals surface area contributed by atoms with E-state index < -0.39 is 0 Å². The summed E-state index contributed by atoms with van der Waals surface area (Å²) >= 11 is 11.3. The number of ether oxygens (including phenoxy) is 1. The van der Waals surface area contributed by atoms with Gasteiger partial charge in [-0.1, -0.05) is 11.6 Å². The fraction of sp³-hybridized carbons (Fsp3) is 0.182. The number of ketones is 1. The topological polar surface area (TPSA) is 26.3 Å². The van der Waals surface area contributed by atoms with Crippen molar-refractivity contribution in [3.05, 3.63) is 35.9 Å². The van der Waals surface area contributed by atoms with Crippen LogP contribution in [0, 0.1) is 0 Å². The van der Waals surface area contributed by atoms with Crippen molar-refractivity contribution in [1.82, 2.24) is 0 Å². The van der Waals surface area contributed by atoms with Gasteiger partial charge in [0.15, 0.2) is 5.78 Å².